The number of hydrogen-bond donors (Lipinski definition) is 1. The van der Waals surface area contributed by atoms with Crippen LogP contribution < -0.4 is 19.1 Å². The zero-order chi connectivity index (χ0) is 38.8. The second kappa shape index (κ2) is 17.9. The molecular formula is C44H41FN2O7S. The van der Waals surface area contributed by atoms with Crippen molar-refractivity contribution >= 4 is 27.6 Å². The third-order valence-electron chi connectivity index (χ3n) is 9.09. The van der Waals surface area contributed by atoms with Crippen molar-refractivity contribution in [2.45, 2.75) is 45.1 Å². The van der Waals surface area contributed by atoms with Crippen molar-refractivity contribution in [2.75, 3.05) is 17.7 Å². The highest BCUT2D eigenvalue weighted by molar-refractivity contribution is 7.88. The SMILES string of the molecule is CC(=O)O[C@@H](CCC1C(=O)N(c2ccc(C#CCNS(C)(=O)=O)cc2)[C@@H]1c1ccc(OCc2ccccc2)cc1OCc1ccccc1)c1ccc(F)cc1. The van der Waals surface area contributed by atoms with Crippen molar-refractivity contribution in [1.82, 2.24) is 4.72 Å². The molecular weight excluding hydrogens is 720 g/mol. The van der Waals surface area contributed by atoms with Crippen molar-refractivity contribution < 1.29 is 36.6 Å². The topological polar surface area (TPSA) is 111 Å². The quantitative estimate of drug-likeness (QED) is 0.0663. The van der Waals surface area contributed by atoms with Gasteiger partial charge in [0.05, 0.1) is 24.8 Å². The maximum absolute atomic E-state index is 14.2. The number of sulfonamides is 1. The lowest BCUT2D eigenvalue weighted by atomic mass is 9.77. The first-order valence-electron chi connectivity index (χ1n) is 17.8. The molecule has 1 N–H and O–H groups in total. The lowest BCUT2D eigenvalue weighted by Crippen LogP contribution is -2.55. The van der Waals surface area contributed by atoms with Crippen molar-refractivity contribution in [3.05, 3.63) is 161 Å². The van der Waals surface area contributed by atoms with Crippen LogP contribution in [-0.2, 0) is 37.6 Å². The molecule has 6 rings (SSSR count). The molecule has 5 aromatic rings. The van der Waals surface area contributed by atoms with Crippen LogP contribution in [0.1, 0.15) is 59.7 Å². The van der Waals surface area contributed by atoms with Gasteiger partial charge in [-0.25, -0.2) is 17.5 Å². The van der Waals surface area contributed by atoms with Crippen LogP contribution in [0.25, 0.3) is 0 Å². The van der Waals surface area contributed by atoms with Crippen LogP contribution in [0.5, 0.6) is 11.5 Å². The molecule has 0 bridgehead atoms. The minimum Gasteiger partial charge on any atom is -0.489 e. The average molecular weight is 761 g/mol. The van der Waals surface area contributed by atoms with Gasteiger partial charge >= 0.3 is 5.97 Å². The van der Waals surface area contributed by atoms with Gasteiger partial charge in [0.2, 0.25) is 15.9 Å². The predicted octanol–water partition coefficient (Wildman–Crippen LogP) is 7.67. The Labute approximate surface area is 321 Å². The molecule has 9 nitrogen and oxygen atoms in total. The van der Waals surface area contributed by atoms with Gasteiger partial charge in [0, 0.05) is 29.8 Å². The van der Waals surface area contributed by atoms with E-state index in [-0.39, 0.29) is 19.1 Å². The number of carbonyl (C=O) groups is 2. The van der Waals surface area contributed by atoms with E-state index in [2.05, 4.69) is 16.6 Å². The number of esters is 1. The Kier molecular flexibility index (Phi) is 12.6. The molecule has 5 aromatic carbocycles. The van der Waals surface area contributed by atoms with E-state index >= 15 is 0 Å². The summed E-state index contributed by atoms with van der Waals surface area (Å²) in [5.74, 6) is 5.36. The van der Waals surface area contributed by atoms with Gasteiger partial charge in [-0.15, -0.1) is 0 Å². The third kappa shape index (κ3) is 10.6. The minimum absolute atomic E-state index is 0.0297. The van der Waals surface area contributed by atoms with Crippen LogP contribution in [0.4, 0.5) is 10.1 Å². The lowest BCUT2D eigenvalue weighted by molar-refractivity contribution is -0.147. The molecule has 0 spiro atoms. The fraction of sp³-hybridized carbons (Fsp3) is 0.227. The summed E-state index contributed by atoms with van der Waals surface area (Å²) in [5, 5.41) is 0. The van der Waals surface area contributed by atoms with Crippen LogP contribution in [-0.4, -0.2) is 33.1 Å². The number of hydrogen-bond acceptors (Lipinski definition) is 7. The summed E-state index contributed by atoms with van der Waals surface area (Å²) >= 11 is 0. The van der Waals surface area contributed by atoms with Crippen LogP contribution in [0.2, 0.25) is 0 Å². The summed E-state index contributed by atoms with van der Waals surface area (Å²) in [6.45, 7) is 1.93. The van der Waals surface area contributed by atoms with E-state index in [1.807, 2.05) is 78.9 Å². The first-order valence-corrected chi connectivity index (χ1v) is 19.7. The van der Waals surface area contributed by atoms with E-state index in [4.69, 9.17) is 14.2 Å². The molecule has 0 aromatic heterocycles. The Morgan fingerprint density at radius 2 is 1.49 bits per heavy atom. The molecule has 55 heavy (non-hydrogen) atoms. The summed E-state index contributed by atoms with van der Waals surface area (Å²) in [6.07, 6.45) is 1.06. The van der Waals surface area contributed by atoms with Gasteiger partial charge in [0.25, 0.3) is 0 Å². The number of nitrogens with zero attached hydrogens (tertiary/aromatic N) is 1. The normalized spacial score (nSPS) is 15.6. The average Bonchev–Trinajstić information content (AvgIpc) is 3.18. The largest absolute Gasteiger partial charge is 0.489 e. The number of halogens is 1. The molecule has 0 saturated carbocycles. The second-order valence-corrected chi connectivity index (χ2v) is 15.0. The number of carbonyl (C=O) groups excluding carboxylic acids is 2. The first kappa shape index (κ1) is 38.8. The highest BCUT2D eigenvalue weighted by Gasteiger charge is 2.49. The number of amides is 1. The predicted molar refractivity (Wildman–Crippen MR) is 208 cm³/mol. The van der Waals surface area contributed by atoms with E-state index in [9.17, 15) is 22.4 Å². The van der Waals surface area contributed by atoms with Crippen molar-refractivity contribution in [3.8, 4) is 23.3 Å². The molecule has 3 atom stereocenters. The number of β-lactam (4-membered cyclic amide) rings is 1. The monoisotopic (exact) mass is 760 g/mol. The molecule has 1 aliphatic rings. The number of rotatable bonds is 15. The van der Waals surface area contributed by atoms with Gasteiger partial charge in [-0.1, -0.05) is 84.6 Å². The molecule has 1 amide bonds. The Morgan fingerprint density at radius 1 is 0.855 bits per heavy atom. The maximum Gasteiger partial charge on any atom is 0.303 e. The molecule has 1 heterocycles. The molecule has 1 unspecified atom stereocenters. The Morgan fingerprint density at radius 3 is 2.11 bits per heavy atom. The van der Waals surface area contributed by atoms with Crippen LogP contribution in [0, 0.1) is 23.6 Å². The van der Waals surface area contributed by atoms with E-state index in [0.29, 0.717) is 47.8 Å². The number of anilines is 1. The van der Waals surface area contributed by atoms with E-state index in [0.717, 1.165) is 22.9 Å². The molecule has 0 radical (unpaired) electrons. The number of ether oxygens (including phenoxy) is 3. The highest BCUT2D eigenvalue weighted by atomic mass is 32.2. The van der Waals surface area contributed by atoms with Gasteiger partial charge in [-0.2, -0.15) is 0 Å². The van der Waals surface area contributed by atoms with Crippen LogP contribution in [0.15, 0.2) is 127 Å². The first-order chi connectivity index (χ1) is 26.5. The van der Waals surface area contributed by atoms with Crippen LogP contribution in [0.3, 0.4) is 0 Å². The van der Waals surface area contributed by atoms with Gasteiger partial charge in [0.15, 0.2) is 0 Å². The Balaban J connectivity index is 1.33. The van der Waals surface area contributed by atoms with Gasteiger partial charge in [-0.3, -0.25) is 9.59 Å². The molecule has 1 aliphatic heterocycles. The fourth-order valence-electron chi connectivity index (χ4n) is 6.44. The summed E-state index contributed by atoms with van der Waals surface area (Å²) in [5.41, 5.74) is 4.67. The smallest absolute Gasteiger partial charge is 0.303 e. The molecule has 282 valence electrons. The summed E-state index contributed by atoms with van der Waals surface area (Å²) in [6, 6.07) is 37.8. The molecule has 1 saturated heterocycles. The van der Waals surface area contributed by atoms with E-state index in [1.165, 1.54) is 19.1 Å². The van der Waals surface area contributed by atoms with Crippen molar-refractivity contribution in [3.63, 3.8) is 0 Å². The Bertz CT molecular complexity index is 2260. The van der Waals surface area contributed by atoms with Crippen LogP contribution >= 0.6 is 0 Å². The summed E-state index contributed by atoms with van der Waals surface area (Å²) < 4.78 is 57.3. The standard InChI is InChI=1S/C44H41FN2O7S/c1-31(48)54-41(35-17-19-36(45)20-18-35)26-25-40-43(47(44(40)49)37-21-15-32(16-22-37)14-9-27-46-55(2,50)51)39-24-23-38(52-29-33-10-5-3-6-11-33)28-42(39)53-30-34-12-7-4-8-13-34/h3-8,10-13,15-24,28,40-41,43,46H,25-27,29-30H2,1-2H3/t40?,41-,43+/m0/s1. The third-order valence-corrected chi connectivity index (χ3v) is 9.76. The molecule has 1 fully saturated rings. The lowest BCUT2D eigenvalue weighted by Gasteiger charge is -2.48. The van der Waals surface area contributed by atoms with Crippen molar-refractivity contribution in [1.29, 1.82) is 0 Å². The number of nitrogens with one attached hydrogen (secondary N) is 1. The second-order valence-electron chi connectivity index (χ2n) is 13.2. The minimum atomic E-state index is -3.37. The highest BCUT2D eigenvalue weighted by Crippen LogP contribution is 2.49. The molecule has 0 aliphatic carbocycles. The zero-order valence-electron chi connectivity index (χ0n) is 30.5. The Hall–Kier alpha value is -5.96. The van der Waals surface area contributed by atoms with E-state index < -0.39 is 39.9 Å². The fourth-order valence-corrected chi connectivity index (χ4v) is 6.78. The number of benzene rings is 5. The van der Waals surface area contributed by atoms with Crippen molar-refractivity contribution in [2.24, 2.45) is 5.92 Å². The van der Waals surface area contributed by atoms with Gasteiger partial charge in [0.1, 0.15) is 36.6 Å². The molecule has 11 heteroatoms. The van der Waals surface area contributed by atoms with Gasteiger partial charge in [-0.05, 0) is 78.1 Å². The maximum atomic E-state index is 14.2. The summed E-state index contributed by atoms with van der Waals surface area (Å²) in [4.78, 5) is 28.0. The van der Waals surface area contributed by atoms with Gasteiger partial charge < -0.3 is 19.1 Å². The summed E-state index contributed by atoms with van der Waals surface area (Å²) in [7, 11) is -3.37. The zero-order valence-corrected chi connectivity index (χ0v) is 31.3. The van der Waals surface area contributed by atoms with E-state index in [1.54, 1.807) is 41.3 Å².